The number of carbonyl (C=O) groups is 1. The molecule has 0 bridgehead atoms. The standard InChI is InChI=1S/C13H18FNO3.C2H6/c1-8-5-10(13(16)18-4)12(6-11(8)14)15-9(2)7-17-3;1-2/h5-6,9,15H,7H2,1-4H3;1-2H3. The molecule has 0 heterocycles. The molecule has 0 radical (unpaired) electrons. The lowest BCUT2D eigenvalue weighted by Gasteiger charge is -2.17. The molecule has 1 rings (SSSR count). The van der Waals surface area contributed by atoms with E-state index >= 15 is 0 Å². The summed E-state index contributed by atoms with van der Waals surface area (Å²) in [4.78, 5) is 11.6. The summed E-state index contributed by atoms with van der Waals surface area (Å²) in [5.74, 6) is -0.861. The summed E-state index contributed by atoms with van der Waals surface area (Å²) < 4.78 is 23.2. The predicted molar refractivity (Wildman–Crippen MR) is 78.8 cm³/mol. The van der Waals surface area contributed by atoms with E-state index in [-0.39, 0.29) is 11.9 Å². The third kappa shape index (κ3) is 5.17. The fourth-order valence-electron chi connectivity index (χ4n) is 1.64. The predicted octanol–water partition coefficient (Wildman–Crippen LogP) is 3.39. The molecule has 1 aromatic rings. The molecule has 0 saturated carbocycles. The molecule has 114 valence electrons. The van der Waals surface area contributed by atoms with Gasteiger partial charge in [0, 0.05) is 13.2 Å². The number of methoxy groups -OCH3 is 2. The largest absolute Gasteiger partial charge is 0.465 e. The van der Waals surface area contributed by atoms with E-state index in [0.717, 1.165) is 0 Å². The first-order chi connectivity index (χ1) is 9.49. The Hall–Kier alpha value is -1.62. The maximum absolute atomic E-state index is 13.5. The van der Waals surface area contributed by atoms with E-state index in [2.05, 4.69) is 10.1 Å². The van der Waals surface area contributed by atoms with Crippen LogP contribution in [0.2, 0.25) is 0 Å². The van der Waals surface area contributed by atoms with Crippen LogP contribution in [0.4, 0.5) is 10.1 Å². The Morgan fingerprint density at radius 2 is 1.95 bits per heavy atom. The molecule has 1 aromatic carbocycles. The van der Waals surface area contributed by atoms with Gasteiger partial charge in [0.25, 0.3) is 0 Å². The topological polar surface area (TPSA) is 47.6 Å². The van der Waals surface area contributed by atoms with Crippen LogP contribution in [0.3, 0.4) is 0 Å². The Labute approximate surface area is 120 Å². The van der Waals surface area contributed by atoms with Gasteiger partial charge in [0.1, 0.15) is 5.82 Å². The zero-order chi connectivity index (χ0) is 15.7. The summed E-state index contributed by atoms with van der Waals surface area (Å²) in [5, 5.41) is 3.03. The number of hydrogen-bond acceptors (Lipinski definition) is 4. The van der Waals surface area contributed by atoms with Crippen molar-refractivity contribution in [1.82, 2.24) is 0 Å². The van der Waals surface area contributed by atoms with Gasteiger partial charge in [0.2, 0.25) is 0 Å². The van der Waals surface area contributed by atoms with Crippen LogP contribution < -0.4 is 5.32 Å². The lowest BCUT2D eigenvalue weighted by atomic mass is 10.1. The van der Waals surface area contributed by atoms with Crippen LogP contribution >= 0.6 is 0 Å². The van der Waals surface area contributed by atoms with E-state index in [1.807, 2.05) is 20.8 Å². The van der Waals surface area contributed by atoms with Crippen molar-refractivity contribution >= 4 is 11.7 Å². The first-order valence-corrected chi connectivity index (χ1v) is 6.63. The number of nitrogens with one attached hydrogen (secondary N) is 1. The molecule has 0 saturated heterocycles. The Kier molecular flexibility index (Phi) is 8.56. The van der Waals surface area contributed by atoms with Gasteiger partial charge in [-0.1, -0.05) is 13.8 Å². The highest BCUT2D eigenvalue weighted by Crippen LogP contribution is 2.22. The first kappa shape index (κ1) is 18.4. The molecule has 0 aliphatic carbocycles. The van der Waals surface area contributed by atoms with Crippen molar-refractivity contribution in [3.8, 4) is 0 Å². The molecule has 0 aromatic heterocycles. The molecule has 0 aliphatic heterocycles. The van der Waals surface area contributed by atoms with Gasteiger partial charge in [-0.3, -0.25) is 0 Å². The SMILES string of the molecule is CC.COCC(C)Nc1cc(F)c(C)cc1C(=O)OC. The molecule has 0 fully saturated rings. The fraction of sp³-hybridized carbons (Fsp3) is 0.533. The maximum Gasteiger partial charge on any atom is 0.339 e. The van der Waals surface area contributed by atoms with Crippen molar-refractivity contribution in [3.63, 3.8) is 0 Å². The second-order valence-electron chi connectivity index (χ2n) is 4.14. The fourth-order valence-corrected chi connectivity index (χ4v) is 1.64. The monoisotopic (exact) mass is 285 g/mol. The van der Waals surface area contributed by atoms with Crippen LogP contribution in [0.1, 0.15) is 36.7 Å². The number of ether oxygens (including phenoxy) is 2. The van der Waals surface area contributed by atoms with Crippen molar-refractivity contribution < 1.29 is 18.7 Å². The summed E-state index contributed by atoms with van der Waals surface area (Å²) in [7, 11) is 2.87. The van der Waals surface area contributed by atoms with E-state index in [4.69, 9.17) is 4.74 Å². The Balaban J connectivity index is 0.00000172. The lowest BCUT2D eigenvalue weighted by molar-refractivity contribution is 0.0601. The van der Waals surface area contributed by atoms with E-state index in [9.17, 15) is 9.18 Å². The van der Waals surface area contributed by atoms with Gasteiger partial charge in [-0.2, -0.15) is 0 Å². The van der Waals surface area contributed by atoms with Crippen molar-refractivity contribution in [3.05, 3.63) is 29.1 Å². The van der Waals surface area contributed by atoms with E-state index in [1.165, 1.54) is 19.2 Å². The highest BCUT2D eigenvalue weighted by molar-refractivity contribution is 5.95. The molecule has 0 amide bonds. The van der Waals surface area contributed by atoms with Crippen LogP contribution in [0.25, 0.3) is 0 Å². The van der Waals surface area contributed by atoms with Gasteiger partial charge in [-0.25, -0.2) is 9.18 Å². The van der Waals surface area contributed by atoms with Gasteiger partial charge in [0.15, 0.2) is 0 Å². The Morgan fingerprint density at radius 3 is 2.45 bits per heavy atom. The molecule has 1 N–H and O–H groups in total. The lowest BCUT2D eigenvalue weighted by Crippen LogP contribution is -2.22. The Bertz CT molecular complexity index is 435. The van der Waals surface area contributed by atoms with Crippen LogP contribution in [-0.4, -0.2) is 32.8 Å². The minimum Gasteiger partial charge on any atom is -0.465 e. The zero-order valence-electron chi connectivity index (χ0n) is 13.0. The third-order valence-corrected chi connectivity index (χ3v) is 2.52. The smallest absolute Gasteiger partial charge is 0.339 e. The summed E-state index contributed by atoms with van der Waals surface area (Å²) in [5.41, 5.74) is 1.13. The number of anilines is 1. The average molecular weight is 285 g/mol. The number of carbonyl (C=O) groups excluding carboxylic acids is 1. The summed E-state index contributed by atoms with van der Waals surface area (Å²) >= 11 is 0. The molecular formula is C15H24FNO3. The zero-order valence-corrected chi connectivity index (χ0v) is 13.0. The molecule has 5 heteroatoms. The average Bonchev–Trinajstić information content (AvgIpc) is 2.44. The third-order valence-electron chi connectivity index (χ3n) is 2.52. The van der Waals surface area contributed by atoms with Crippen LogP contribution in [-0.2, 0) is 9.47 Å². The van der Waals surface area contributed by atoms with Gasteiger partial charge < -0.3 is 14.8 Å². The molecule has 4 nitrogen and oxygen atoms in total. The molecule has 1 atom stereocenters. The number of aryl methyl sites for hydroxylation is 1. The number of halogens is 1. The van der Waals surface area contributed by atoms with Gasteiger partial charge in [-0.15, -0.1) is 0 Å². The maximum atomic E-state index is 13.5. The van der Waals surface area contributed by atoms with Gasteiger partial charge in [-0.05, 0) is 31.5 Å². The van der Waals surface area contributed by atoms with E-state index in [1.54, 1.807) is 14.0 Å². The second kappa shape index (κ2) is 9.31. The molecule has 0 aliphatic rings. The summed E-state index contributed by atoms with van der Waals surface area (Å²) in [6.45, 7) is 7.93. The number of rotatable bonds is 5. The minimum atomic E-state index is -0.495. The normalized spacial score (nSPS) is 11.2. The number of benzene rings is 1. The molecule has 1 unspecified atom stereocenters. The highest BCUT2D eigenvalue weighted by Gasteiger charge is 2.16. The van der Waals surface area contributed by atoms with E-state index in [0.29, 0.717) is 23.4 Å². The van der Waals surface area contributed by atoms with Crippen molar-refractivity contribution in [1.29, 1.82) is 0 Å². The Morgan fingerprint density at radius 1 is 1.35 bits per heavy atom. The van der Waals surface area contributed by atoms with Crippen LogP contribution in [0.5, 0.6) is 0 Å². The van der Waals surface area contributed by atoms with E-state index < -0.39 is 5.97 Å². The van der Waals surface area contributed by atoms with Crippen molar-refractivity contribution in [2.24, 2.45) is 0 Å². The van der Waals surface area contributed by atoms with Crippen molar-refractivity contribution in [2.45, 2.75) is 33.7 Å². The number of esters is 1. The molecule has 0 spiro atoms. The minimum absolute atomic E-state index is 0.0412. The molecule has 20 heavy (non-hydrogen) atoms. The van der Waals surface area contributed by atoms with Crippen LogP contribution in [0, 0.1) is 12.7 Å². The quantitative estimate of drug-likeness (QED) is 0.842. The first-order valence-electron chi connectivity index (χ1n) is 6.63. The summed E-state index contributed by atoms with van der Waals surface area (Å²) in [6.07, 6.45) is 0. The van der Waals surface area contributed by atoms with Gasteiger partial charge >= 0.3 is 5.97 Å². The van der Waals surface area contributed by atoms with Gasteiger partial charge in [0.05, 0.1) is 25.0 Å². The summed E-state index contributed by atoms with van der Waals surface area (Å²) in [6, 6.07) is 2.73. The van der Waals surface area contributed by atoms with Crippen molar-refractivity contribution in [2.75, 3.05) is 26.1 Å². The molecular weight excluding hydrogens is 261 g/mol. The number of hydrogen-bond donors (Lipinski definition) is 1. The highest BCUT2D eigenvalue weighted by atomic mass is 19.1. The van der Waals surface area contributed by atoms with Crippen LogP contribution in [0.15, 0.2) is 12.1 Å². The second-order valence-corrected chi connectivity index (χ2v) is 4.14.